The van der Waals surface area contributed by atoms with Crippen molar-refractivity contribution in [3.8, 4) is 11.1 Å². The average molecular weight is 430 g/mol. The van der Waals surface area contributed by atoms with E-state index in [1.54, 1.807) is 12.1 Å². The summed E-state index contributed by atoms with van der Waals surface area (Å²) in [6.45, 7) is 1.93. The summed E-state index contributed by atoms with van der Waals surface area (Å²) in [5.41, 5.74) is 2.57. The number of benzene rings is 2. The monoisotopic (exact) mass is 429 g/mol. The number of aromatic amines is 1. The van der Waals surface area contributed by atoms with Crippen LogP contribution in [-0.4, -0.2) is 40.1 Å². The molecule has 0 radical (unpaired) electrons. The molecule has 1 heterocycles. The van der Waals surface area contributed by atoms with E-state index < -0.39 is 27.8 Å². The minimum Gasteiger partial charge on any atom is -0.481 e. The number of rotatable bonds is 9. The highest BCUT2D eigenvalue weighted by Gasteiger charge is 2.32. The third kappa shape index (κ3) is 4.89. The molecule has 1 aromatic heterocycles. The third-order valence-corrected chi connectivity index (χ3v) is 5.98. The van der Waals surface area contributed by atoms with Gasteiger partial charge in [-0.25, -0.2) is 13.6 Å². The standard InChI is InChI=1S/C20H23N5O4S/c1-2-5-17(20(26)27)18(19-22-24-25-23-19)12-14-6-3-4-7-16(14)13-8-10-15(11-9-13)30(21,28)29/h3-4,6-11,17-18H,2,5,12H2,1H3,(H,26,27)(H2,21,28,29)(H,22,23,24,25)/t17-,18-/m0/s1. The minimum atomic E-state index is -3.78. The number of H-pyrrole nitrogens is 1. The SMILES string of the molecule is CCC[C@H](C(=O)O)[C@H](Cc1ccccc1-c1ccc(S(N)(=O)=O)cc1)c1nn[nH]n1. The minimum absolute atomic E-state index is 0.0299. The molecular weight excluding hydrogens is 406 g/mol. The molecule has 0 saturated carbocycles. The van der Waals surface area contributed by atoms with Crippen molar-refractivity contribution in [2.75, 3.05) is 0 Å². The van der Waals surface area contributed by atoms with Gasteiger partial charge in [-0.1, -0.05) is 55.0 Å². The van der Waals surface area contributed by atoms with Gasteiger partial charge < -0.3 is 5.11 Å². The highest BCUT2D eigenvalue weighted by Crippen LogP contribution is 2.33. The van der Waals surface area contributed by atoms with Crippen LogP contribution in [0, 0.1) is 5.92 Å². The number of primary sulfonamides is 1. The lowest BCUT2D eigenvalue weighted by Crippen LogP contribution is -2.25. The molecule has 0 saturated heterocycles. The maximum atomic E-state index is 11.9. The van der Waals surface area contributed by atoms with Crippen LogP contribution in [0.2, 0.25) is 0 Å². The fourth-order valence-corrected chi connectivity index (χ4v) is 4.10. The second-order valence-electron chi connectivity index (χ2n) is 7.04. The van der Waals surface area contributed by atoms with Gasteiger partial charge in [0.2, 0.25) is 10.0 Å². The number of hydrogen-bond acceptors (Lipinski definition) is 6. The van der Waals surface area contributed by atoms with Gasteiger partial charge in [0.05, 0.1) is 10.8 Å². The van der Waals surface area contributed by atoms with Crippen LogP contribution in [0.25, 0.3) is 11.1 Å². The first-order valence-corrected chi connectivity index (χ1v) is 11.0. The summed E-state index contributed by atoms with van der Waals surface area (Å²) >= 11 is 0. The van der Waals surface area contributed by atoms with Gasteiger partial charge in [-0.2, -0.15) is 5.21 Å². The molecule has 4 N–H and O–H groups in total. The predicted octanol–water partition coefficient (Wildman–Crippen LogP) is 2.34. The van der Waals surface area contributed by atoms with Crippen molar-refractivity contribution >= 4 is 16.0 Å². The number of nitrogens with two attached hydrogens (primary N) is 1. The van der Waals surface area contributed by atoms with Gasteiger partial charge in [0, 0.05) is 5.92 Å². The highest BCUT2D eigenvalue weighted by molar-refractivity contribution is 7.89. The number of aliphatic carboxylic acids is 1. The van der Waals surface area contributed by atoms with Crippen LogP contribution in [0.4, 0.5) is 0 Å². The van der Waals surface area contributed by atoms with Crippen molar-refractivity contribution in [2.45, 2.75) is 37.0 Å². The number of carboxylic acid groups (broad SMARTS) is 1. The molecule has 3 rings (SSSR count). The Bertz CT molecular complexity index is 1100. The lowest BCUT2D eigenvalue weighted by Gasteiger charge is -2.22. The van der Waals surface area contributed by atoms with E-state index in [9.17, 15) is 18.3 Å². The maximum Gasteiger partial charge on any atom is 0.307 e. The van der Waals surface area contributed by atoms with E-state index in [4.69, 9.17) is 5.14 Å². The van der Waals surface area contributed by atoms with Crippen molar-refractivity contribution in [1.29, 1.82) is 0 Å². The predicted molar refractivity (Wildman–Crippen MR) is 110 cm³/mol. The number of carboxylic acids is 1. The Morgan fingerprint density at radius 3 is 2.43 bits per heavy atom. The first-order chi connectivity index (χ1) is 14.3. The quantitative estimate of drug-likeness (QED) is 0.472. The highest BCUT2D eigenvalue weighted by atomic mass is 32.2. The molecule has 0 aliphatic rings. The summed E-state index contributed by atoms with van der Waals surface area (Å²) in [4.78, 5) is 12.0. The molecule has 3 aromatic rings. The smallest absolute Gasteiger partial charge is 0.307 e. The van der Waals surface area contributed by atoms with Crippen LogP contribution in [-0.2, 0) is 21.2 Å². The first-order valence-electron chi connectivity index (χ1n) is 9.48. The van der Waals surface area contributed by atoms with E-state index >= 15 is 0 Å². The van der Waals surface area contributed by atoms with Gasteiger partial charge >= 0.3 is 5.97 Å². The number of nitrogens with one attached hydrogen (secondary N) is 1. The van der Waals surface area contributed by atoms with Crippen molar-refractivity contribution in [1.82, 2.24) is 20.6 Å². The Labute approximate surface area is 174 Å². The number of sulfonamides is 1. The van der Waals surface area contributed by atoms with Crippen LogP contribution in [0.5, 0.6) is 0 Å². The maximum absolute atomic E-state index is 11.9. The molecule has 2 atom stereocenters. The molecule has 0 aliphatic heterocycles. The number of carbonyl (C=O) groups is 1. The summed E-state index contributed by atoms with van der Waals surface area (Å²) in [6.07, 6.45) is 1.59. The Kier molecular flexibility index (Phi) is 6.58. The summed E-state index contributed by atoms with van der Waals surface area (Å²) < 4.78 is 23.0. The molecule has 9 nitrogen and oxygen atoms in total. The molecule has 0 aliphatic carbocycles. The van der Waals surface area contributed by atoms with Crippen molar-refractivity contribution in [3.05, 3.63) is 59.9 Å². The van der Waals surface area contributed by atoms with E-state index in [-0.39, 0.29) is 4.90 Å². The van der Waals surface area contributed by atoms with Gasteiger partial charge in [0.25, 0.3) is 0 Å². The van der Waals surface area contributed by atoms with Crippen molar-refractivity contribution < 1.29 is 18.3 Å². The zero-order valence-electron chi connectivity index (χ0n) is 16.4. The number of nitrogens with zero attached hydrogens (tertiary/aromatic N) is 3. The van der Waals surface area contributed by atoms with Crippen LogP contribution >= 0.6 is 0 Å². The molecule has 2 aromatic carbocycles. The van der Waals surface area contributed by atoms with E-state index in [2.05, 4.69) is 20.6 Å². The van der Waals surface area contributed by atoms with Crippen LogP contribution in [0.15, 0.2) is 53.4 Å². The molecule has 158 valence electrons. The molecule has 10 heteroatoms. The van der Waals surface area contributed by atoms with Gasteiger partial charge in [0.15, 0.2) is 5.82 Å². The van der Waals surface area contributed by atoms with E-state index in [0.717, 1.165) is 16.7 Å². The normalized spacial score (nSPS) is 13.7. The van der Waals surface area contributed by atoms with Gasteiger partial charge in [-0.15, -0.1) is 10.2 Å². The Morgan fingerprint density at radius 2 is 1.87 bits per heavy atom. The second kappa shape index (κ2) is 9.14. The van der Waals surface area contributed by atoms with E-state index in [0.29, 0.717) is 25.1 Å². The summed E-state index contributed by atoms with van der Waals surface area (Å²) in [5.74, 6) is -1.67. The topological polar surface area (TPSA) is 152 Å². The molecule has 0 amide bonds. The first kappa shape index (κ1) is 21.6. The molecule has 30 heavy (non-hydrogen) atoms. The fraction of sp³-hybridized carbons (Fsp3) is 0.300. The molecule has 0 unspecified atom stereocenters. The van der Waals surface area contributed by atoms with Crippen molar-refractivity contribution in [2.24, 2.45) is 11.1 Å². The number of hydrogen-bond donors (Lipinski definition) is 3. The Balaban J connectivity index is 2.00. The Morgan fingerprint density at radius 1 is 1.17 bits per heavy atom. The molecule has 0 bridgehead atoms. The van der Waals surface area contributed by atoms with Crippen LogP contribution in [0.1, 0.15) is 37.1 Å². The lowest BCUT2D eigenvalue weighted by atomic mass is 9.81. The van der Waals surface area contributed by atoms with Crippen LogP contribution in [0.3, 0.4) is 0 Å². The summed E-state index contributed by atoms with van der Waals surface area (Å²) in [5, 5.41) is 29.1. The zero-order valence-corrected chi connectivity index (χ0v) is 17.2. The average Bonchev–Trinajstić information content (AvgIpc) is 3.25. The molecule has 0 spiro atoms. The number of aromatic nitrogens is 4. The van der Waals surface area contributed by atoms with E-state index in [1.807, 2.05) is 31.2 Å². The van der Waals surface area contributed by atoms with Gasteiger partial charge in [0.1, 0.15) is 0 Å². The molecule has 0 fully saturated rings. The van der Waals surface area contributed by atoms with E-state index in [1.165, 1.54) is 12.1 Å². The number of tetrazole rings is 1. The Hall–Kier alpha value is -3.11. The zero-order chi connectivity index (χ0) is 21.7. The van der Waals surface area contributed by atoms with Crippen LogP contribution < -0.4 is 5.14 Å². The third-order valence-electron chi connectivity index (χ3n) is 5.05. The second-order valence-corrected chi connectivity index (χ2v) is 8.60. The largest absolute Gasteiger partial charge is 0.481 e. The summed E-state index contributed by atoms with van der Waals surface area (Å²) in [7, 11) is -3.78. The summed E-state index contributed by atoms with van der Waals surface area (Å²) in [6, 6.07) is 13.8. The fourth-order valence-electron chi connectivity index (χ4n) is 3.59. The van der Waals surface area contributed by atoms with Gasteiger partial charge in [-0.05, 0) is 41.7 Å². The van der Waals surface area contributed by atoms with Gasteiger partial charge in [-0.3, -0.25) is 4.79 Å². The van der Waals surface area contributed by atoms with Crippen molar-refractivity contribution in [3.63, 3.8) is 0 Å². The molecular formula is C20H23N5O4S. The lowest BCUT2D eigenvalue weighted by molar-refractivity contribution is -0.142.